The zero-order valence-corrected chi connectivity index (χ0v) is 27.0. The summed E-state index contributed by atoms with van der Waals surface area (Å²) in [6.07, 6.45) is 23.2. The fourth-order valence-corrected chi connectivity index (χ4v) is 8.86. The third kappa shape index (κ3) is 8.36. The Labute approximate surface area is 261 Å². The summed E-state index contributed by atoms with van der Waals surface area (Å²) in [5.41, 5.74) is 3.95. The molecule has 0 radical (unpaired) electrons. The van der Waals surface area contributed by atoms with E-state index in [4.69, 9.17) is 13.6 Å². The minimum absolute atomic E-state index is 0.534. The molecule has 3 aromatic rings. The third-order valence-electron chi connectivity index (χ3n) is 10.2. The van der Waals surface area contributed by atoms with Gasteiger partial charge in [0.1, 0.15) is 17.2 Å². The van der Waals surface area contributed by atoms with E-state index >= 15 is 0 Å². The Bertz CT molecular complexity index is 1090. The van der Waals surface area contributed by atoms with Gasteiger partial charge in [-0.05, 0) is 91.2 Å². The molecule has 0 atom stereocenters. The quantitative estimate of drug-likeness (QED) is 0.181. The smallest absolute Gasteiger partial charge is 0.408 e. The zero-order chi connectivity index (χ0) is 29.1. The Morgan fingerprint density at radius 1 is 0.349 bits per heavy atom. The molecule has 0 heterocycles. The van der Waals surface area contributed by atoms with E-state index in [0.717, 1.165) is 17.2 Å². The van der Waals surface area contributed by atoms with Crippen LogP contribution in [0.25, 0.3) is 0 Å². The molecule has 0 N–H and O–H groups in total. The standard InChI is InChI=1S/C39H51O3P/c1-2-8-20-31(19-7-1)34-25-13-16-28-37(34)40-43(41-38-29-17-14-26-35(38)32-21-9-3-4-10-22-32)42-39-30-18-15-27-36(39)33-23-11-5-6-12-24-33/h13-18,25-33H,1-12,19-24H2. The Morgan fingerprint density at radius 2 is 0.605 bits per heavy atom. The van der Waals surface area contributed by atoms with Crippen molar-refractivity contribution in [3.8, 4) is 17.2 Å². The van der Waals surface area contributed by atoms with Crippen LogP contribution in [0.3, 0.4) is 0 Å². The summed E-state index contributed by atoms with van der Waals surface area (Å²) in [6.45, 7) is 0. The van der Waals surface area contributed by atoms with Crippen molar-refractivity contribution in [1.29, 1.82) is 0 Å². The maximum absolute atomic E-state index is 6.90. The Balaban J connectivity index is 1.32. The summed E-state index contributed by atoms with van der Waals surface area (Å²) in [5, 5.41) is 0. The van der Waals surface area contributed by atoms with Gasteiger partial charge in [0.25, 0.3) is 0 Å². The lowest BCUT2D eigenvalue weighted by molar-refractivity contribution is 0.376. The molecule has 0 spiro atoms. The van der Waals surface area contributed by atoms with Crippen LogP contribution in [0, 0.1) is 0 Å². The van der Waals surface area contributed by atoms with Crippen molar-refractivity contribution in [1.82, 2.24) is 0 Å². The summed E-state index contributed by atoms with van der Waals surface area (Å²) >= 11 is 0. The number of rotatable bonds is 9. The first-order valence-electron chi connectivity index (χ1n) is 17.5. The molecule has 0 aromatic heterocycles. The summed E-state index contributed by atoms with van der Waals surface area (Å²) < 4.78 is 20.7. The van der Waals surface area contributed by atoms with Crippen LogP contribution < -0.4 is 13.6 Å². The fraction of sp³-hybridized carbons (Fsp3) is 0.538. The zero-order valence-electron chi connectivity index (χ0n) is 26.1. The van der Waals surface area contributed by atoms with Crippen LogP contribution >= 0.6 is 8.60 Å². The molecule has 4 heteroatoms. The summed E-state index contributed by atoms with van der Waals surface area (Å²) in [7, 11) is -1.72. The molecule has 3 aliphatic rings. The van der Waals surface area contributed by atoms with E-state index in [1.807, 2.05) is 0 Å². The Hall–Kier alpha value is -2.51. The molecule has 43 heavy (non-hydrogen) atoms. The summed E-state index contributed by atoms with van der Waals surface area (Å²) in [4.78, 5) is 0. The first kappa shape index (κ1) is 30.5. The van der Waals surface area contributed by atoms with Crippen molar-refractivity contribution in [2.24, 2.45) is 0 Å². The number of para-hydroxylation sites is 3. The highest BCUT2D eigenvalue weighted by Crippen LogP contribution is 2.50. The van der Waals surface area contributed by atoms with Crippen LogP contribution in [0.2, 0.25) is 0 Å². The molecule has 3 nitrogen and oxygen atoms in total. The van der Waals surface area contributed by atoms with E-state index in [9.17, 15) is 0 Å². The Morgan fingerprint density at radius 3 is 0.884 bits per heavy atom. The van der Waals surface area contributed by atoms with Gasteiger partial charge in [-0.15, -0.1) is 0 Å². The maximum atomic E-state index is 6.90. The second-order valence-corrected chi connectivity index (χ2v) is 14.2. The highest BCUT2D eigenvalue weighted by Gasteiger charge is 2.29. The van der Waals surface area contributed by atoms with Crippen LogP contribution in [0.15, 0.2) is 72.8 Å². The molecular formula is C39H51O3P. The van der Waals surface area contributed by atoms with Gasteiger partial charge in [-0.25, -0.2) is 0 Å². The van der Waals surface area contributed by atoms with Crippen molar-refractivity contribution >= 4 is 8.60 Å². The van der Waals surface area contributed by atoms with Gasteiger partial charge in [-0.1, -0.05) is 132 Å². The number of hydrogen-bond donors (Lipinski definition) is 0. The predicted octanol–water partition coefficient (Wildman–Crippen LogP) is 12.8. The lowest BCUT2D eigenvalue weighted by Crippen LogP contribution is -2.09. The van der Waals surface area contributed by atoms with Crippen molar-refractivity contribution in [2.75, 3.05) is 0 Å². The molecular weight excluding hydrogens is 547 g/mol. The lowest BCUT2D eigenvalue weighted by atomic mass is 9.91. The van der Waals surface area contributed by atoms with E-state index in [1.165, 1.54) is 132 Å². The second-order valence-electron chi connectivity index (χ2n) is 13.2. The van der Waals surface area contributed by atoms with Crippen molar-refractivity contribution in [3.63, 3.8) is 0 Å². The molecule has 0 saturated heterocycles. The van der Waals surface area contributed by atoms with Gasteiger partial charge in [0.2, 0.25) is 0 Å². The molecule has 230 valence electrons. The molecule has 3 aromatic carbocycles. The monoisotopic (exact) mass is 598 g/mol. The Kier molecular flexibility index (Phi) is 11.3. The van der Waals surface area contributed by atoms with E-state index in [0.29, 0.717) is 17.8 Å². The normalized spacial score (nSPS) is 19.7. The minimum Gasteiger partial charge on any atom is -0.408 e. The van der Waals surface area contributed by atoms with Gasteiger partial charge < -0.3 is 13.6 Å². The van der Waals surface area contributed by atoms with Gasteiger partial charge in [0.15, 0.2) is 0 Å². The molecule has 0 amide bonds. The molecule has 3 saturated carbocycles. The SMILES string of the molecule is c1ccc(C2CCCCCC2)c(OP(Oc2ccccc2C2CCCCCC2)Oc2ccccc2C2CCCCCC2)c1. The van der Waals surface area contributed by atoms with E-state index in [2.05, 4.69) is 72.8 Å². The molecule has 3 fully saturated rings. The summed E-state index contributed by atoms with van der Waals surface area (Å²) in [6, 6.07) is 26.0. The molecule has 0 aliphatic heterocycles. The van der Waals surface area contributed by atoms with E-state index in [1.54, 1.807) is 0 Å². The maximum Gasteiger partial charge on any atom is 0.530 e. The molecule has 0 unspecified atom stereocenters. The summed E-state index contributed by atoms with van der Waals surface area (Å²) in [5.74, 6) is 4.39. The van der Waals surface area contributed by atoms with Crippen LogP contribution in [0.5, 0.6) is 17.2 Å². The van der Waals surface area contributed by atoms with Gasteiger partial charge in [-0.2, -0.15) is 0 Å². The van der Waals surface area contributed by atoms with Crippen LogP contribution in [-0.2, 0) is 0 Å². The first-order chi connectivity index (χ1) is 21.3. The highest BCUT2D eigenvalue weighted by atomic mass is 31.2. The largest absolute Gasteiger partial charge is 0.530 e. The lowest BCUT2D eigenvalue weighted by Gasteiger charge is -2.26. The first-order valence-corrected chi connectivity index (χ1v) is 18.6. The van der Waals surface area contributed by atoms with Crippen molar-refractivity contribution in [3.05, 3.63) is 89.5 Å². The average Bonchev–Trinajstić information content (AvgIpc) is 3.59. The van der Waals surface area contributed by atoms with E-state index in [-0.39, 0.29) is 0 Å². The van der Waals surface area contributed by atoms with Gasteiger partial charge in [0, 0.05) is 0 Å². The highest BCUT2D eigenvalue weighted by molar-refractivity contribution is 7.43. The number of hydrogen-bond acceptors (Lipinski definition) is 3. The molecule has 3 aliphatic carbocycles. The number of benzene rings is 3. The minimum atomic E-state index is -1.72. The molecule has 0 bridgehead atoms. The van der Waals surface area contributed by atoms with Gasteiger partial charge in [0.05, 0.1) is 0 Å². The average molecular weight is 599 g/mol. The van der Waals surface area contributed by atoms with Crippen molar-refractivity contribution in [2.45, 2.75) is 133 Å². The fourth-order valence-electron chi connectivity index (χ4n) is 7.77. The topological polar surface area (TPSA) is 27.7 Å². The predicted molar refractivity (Wildman–Crippen MR) is 179 cm³/mol. The van der Waals surface area contributed by atoms with Crippen LogP contribution in [0.4, 0.5) is 0 Å². The van der Waals surface area contributed by atoms with E-state index < -0.39 is 8.60 Å². The van der Waals surface area contributed by atoms with Gasteiger partial charge in [-0.3, -0.25) is 0 Å². The molecule has 6 rings (SSSR count). The van der Waals surface area contributed by atoms with Crippen molar-refractivity contribution < 1.29 is 13.6 Å². The third-order valence-corrected chi connectivity index (χ3v) is 11.2. The van der Waals surface area contributed by atoms with Crippen LogP contribution in [0.1, 0.15) is 150 Å². The second kappa shape index (κ2) is 16.0. The van der Waals surface area contributed by atoms with Gasteiger partial charge >= 0.3 is 8.60 Å². The van der Waals surface area contributed by atoms with Crippen LogP contribution in [-0.4, -0.2) is 0 Å².